The maximum atomic E-state index is 9.73. The molecule has 0 saturated heterocycles. The molecule has 0 radical (unpaired) electrons. The largest absolute Gasteiger partial charge is 0.387 e. The van der Waals surface area contributed by atoms with Crippen molar-refractivity contribution in [2.24, 2.45) is 0 Å². The molecule has 1 rings (SSSR count). The van der Waals surface area contributed by atoms with Gasteiger partial charge in [0.2, 0.25) is 0 Å². The van der Waals surface area contributed by atoms with E-state index in [1.807, 2.05) is 44.3 Å². The number of nitrogens with one attached hydrogen (secondary N) is 1. The summed E-state index contributed by atoms with van der Waals surface area (Å²) < 4.78 is 0. The first-order valence-electron chi connectivity index (χ1n) is 4.16. The summed E-state index contributed by atoms with van der Waals surface area (Å²) in [5.41, 5.74) is 0.958. The maximum absolute atomic E-state index is 9.73. The summed E-state index contributed by atoms with van der Waals surface area (Å²) in [7, 11) is 1.84. The van der Waals surface area contributed by atoms with E-state index in [-0.39, 0.29) is 76.1 Å². The van der Waals surface area contributed by atoms with Crippen LogP contribution in [0.3, 0.4) is 0 Å². The molecule has 108 valence electrons. The van der Waals surface area contributed by atoms with Crippen LogP contribution in [0.2, 0.25) is 0 Å². The molecule has 1 aromatic rings. The predicted octanol–water partition coefficient (Wildman–Crippen LogP) is 3.01. The summed E-state index contributed by atoms with van der Waals surface area (Å²) in [4.78, 5) is 0. The Labute approximate surface area is 142 Å². The van der Waals surface area contributed by atoms with Gasteiger partial charge < -0.3 is 10.4 Å². The third-order valence-corrected chi connectivity index (χ3v) is 2.07. The first-order chi connectivity index (χ1) is 5.75. The molecule has 0 aliphatic carbocycles. The molecule has 7 heteroatoms. The van der Waals surface area contributed by atoms with Crippen LogP contribution in [-0.4, -0.2) is 18.2 Å². The molecular formula is C10H19Cl4NOPd. The van der Waals surface area contributed by atoms with Gasteiger partial charge in [-0.15, -0.1) is 49.6 Å². The van der Waals surface area contributed by atoms with Crippen LogP contribution < -0.4 is 5.32 Å². The molecule has 2 unspecified atom stereocenters. The van der Waals surface area contributed by atoms with E-state index in [4.69, 9.17) is 0 Å². The average Bonchev–Trinajstić information content (AvgIpc) is 2.17. The van der Waals surface area contributed by atoms with Crippen molar-refractivity contribution < 1.29 is 25.5 Å². The van der Waals surface area contributed by atoms with Crippen molar-refractivity contribution in [2.45, 2.75) is 19.1 Å². The van der Waals surface area contributed by atoms with E-state index in [1.54, 1.807) is 0 Å². The number of halogens is 4. The topological polar surface area (TPSA) is 32.3 Å². The second-order valence-corrected chi connectivity index (χ2v) is 2.93. The standard InChI is InChI=1S/C10H15NO.4ClH.Pd/c1-8(11-2)10(12)9-6-4-3-5-7-9;;;;;/h3-8,10-12H,1-2H3;4*1H;. The molecule has 2 atom stereocenters. The van der Waals surface area contributed by atoms with Crippen LogP contribution in [0.1, 0.15) is 18.6 Å². The summed E-state index contributed by atoms with van der Waals surface area (Å²) in [5, 5.41) is 12.7. The third-order valence-electron chi connectivity index (χ3n) is 2.07. The van der Waals surface area contributed by atoms with E-state index in [1.165, 1.54) is 0 Å². The zero-order valence-corrected chi connectivity index (χ0v) is 14.3. The number of aliphatic hydroxyl groups excluding tert-OH is 1. The minimum atomic E-state index is -0.420. The second kappa shape index (κ2) is 17.0. The second-order valence-electron chi connectivity index (χ2n) is 2.93. The van der Waals surface area contributed by atoms with Crippen LogP contribution in [-0.2, 0) is 20.4 Å². The smallest absolute Gasteiger partial charge is 0.0940 e. The molecule has 0 aliphatic heterocycles. The van der Waals surface area contributed by atoms with Gasteiger partial charge in [-0.25, -0.2) is 0 Å². The zero-order chi connectivity index (χ0) is 8.97. The fraction of sp³-hybridized carbons (Fsp3) is 0.400. The number of hydrogen-bond acceptors (Lipinski definition) is 2. The van der Waals surface area contributed by atoms with Crippen LogP contribution >= 0.6 is 49.6 Å². The first-order valence-corrected chi connectivity index (χ1v) is 4.16. The van der Waals surface area contributed by atoms with Gasteiger partial charge >= 0.3 is 0 Å². The van der Waals surface area contributed by atoms with Gasteiger partial charge in [0.05, 0.1) is 6.10 Å². The van der Waals surface area contributed by atoms with Crippen LogP contribution in [0.15, 0.2) is 30.3 Å². The first kappa shape index (κ1) is 30.8. The molecule has 0 spiro atoms. The van der Waals surface area contributed by atoms with E-state index in [2.05, 4.69) is 5.32 Å². The van der Waals surface area contributed by atoms with E-state index in [0.29, 0.717) is 0 Å². The van der Waals surface area contributed by atoms with Crippen molar-refractivity contribution in [1.82, 2.24) is 5.32 Å². The van der Waals surface area contributed by atoms with Crippen molar-refractivity contribution in [2.75, 3.05) is 7.05 Å². The van der Waals surface area contributed by atoms with Crippen LogP contribution in [0.5, 0.6) is 0 Å². The third kappa shape index (κ3) is 10.6. The number of hydrogen-bond donors (Lipinski definition) is 2. The molecular weight excluding hydrogens is 398 g/mol. The summed E-state index contributed by atoms with van der Waals surface area (Å²) in [6.07, 6.45) is -0.420. The quantitative estimate of drug-likeness (QED) is 0.742. The molecule has 0 saturated carbocycles. The molecule has 0 fully saturated rings. The van der Waals surface area contributed by atoms with E-state index in [0.717, 1.165) is 5.56 Å². The Balaban J connectivity index is -0.0000000960. The Morgan fingerprint density at radius 3 is 1.76 bits per heavy atom. The predicted molar refractivity (Wildman–Crippen MR) is 78.9 cm³/mol. The fourth-order valence-corrected chi connectivity index (χ4v) is 1.10. The molecule has 0 heterocycles. The van der Waals surface area contributed by atoms with Gasteiger partial charge in [0, 0.05) is 26.5 Å². The van der Waals surface area contributed by atoms with Gasteiger partial charge in [-0.3, -0.25) is 0 Å². The van der Waals surface area contributed by atoms with Crippen LogP contribution in [0, 0.1) is 0 Å². The molecule has 0 aromatic heterocycles. The van der Waals surface area contributed by atoms with Crippen molar-refractivity contribution >= 4 is 49.6 Å². The van der Waals surface area contributed by atoms with Crippen molar-refractivity contribution in [3.8, 4) is 0 Å². The molecule has 1 aromatic carbocycles. The van der Waals surface area contributed by atoms with Gasteiger partial charge in [0.1, 0.15) is 0 Å². The summed E-state index contributed by atoms with van der Waals surface area (Å²) >= 11 is 0. The Kier molecular flexibility index (Phi) is 30.7. The van der Waals surface area contributed by atoms with Crippen LogP contribution in [0.4, 0.5) is 0 Å². The SMILES string of the molecule is CNC(C)C(O)c1ccccc1.Cl.Cl.Cl.Cl.[Pd]. The molecule has 2 nitrogen and oxygen atoms in total. The van der Waals surface area contributed by atoms with E-state index < -0.39 is 6.10 Å². The molecule has 0 amide bonds. The zero-order valence-electron chi connectivity index (χ0n) is 9.44. The van der Waals surface area contributed by atoms with Gasteiger partial charge in [-0.05, 0) is 19.5 Å². The van der Waals surface area contributed by atoms with Gasteiger partial charge in [-0.2, -0.15) is 0 Å². The number of benzene rings is 1. The van der Waals surface area contributed by atoms with Crippen LogP contribution in [0.25, 0.3) is 0 Å². The van der Waals surface area contributed by atoms with Gasteiger partial charge in [0.15, 0.2) is 0 Å². The Morgan fingerprint density at radius 1 is 1.00 bits per heavy atom. The van der Waals surface area contributed by atoms with Crippen molar-refractivity contribution in [3.63, 3.8) is 0 Å². The van der Waals surface area contributed by atoms with Crippen molar-refractivity contribution in [3.05, 3.63) is 35.9 Å². The number of aliphatic hydroxyl groups is 1. The minimum Gasteiger partial charge on any atom is -0.387 e. The fourth-order valence-electron chi connectivity index (χ4n) is 1.10. The summed E-state index contributed by atoms with van der Waals surface area (Å²) in [5.74, 6) is 0. The normalized spacial score (nSPS) is 11.0. The Morgan fingerprint density at radius 2 is 1.41 bits per heavy atom. The summed E-state index contributed by atoms with van der Waals surface area (Å²) in [6.45, 7) is 1.96. The minimum absolute atomic E-state index is 0. The Hall–Kier alpha value is 0.962. The Bertz CT molecular complexity index is 241. The molecule has 0 bridgehead atoms. The molecule has 17 heavy (non-hydrogen) atoms. The monoisotopic (exact) mass is 415 g/mol. The molecule has 2 N–H and O–H groups in total. The maximum Gasteiger partial charge on any atom is 0.0940 e. The molecule has 0 aliphatic rings. The van der Waals surface area contributed by atoms with Crippen molar-refractivity contribution in [1.29, 1.82) is 0 Å². The summed E-state index contributed by atoms with van der Waals surface area (Å²) in [6, 6.07) is 9.76. The van der Waals surface area contributed by atoms with Gasteiger partial charge in [-0.1, -0.05) is 30.3 Å². The average molecular weight is 418 g/mol. The number of rotatable bonds is 3. The van der Waals surface area contributed by atoms with E-state index in [9.17, 15) is 5.11 Å². The van der Waals surface area contributed by atoms with Gasteiger partial charge in [0.25, 0.3) is 0 Å². The van der Waals surface area contributed by atoms with E-state index >= 15 is 0 Å². The number of likely N-dealkylation sites (N-methyl/N-ethyl adjacent to an activating group) is 1.